The van der Waals surface area contributed by atoms with E-state index in [1.807, 2.05) is 0 Å². The van der Waals surface area contributed by atoms with E-state index in [1.54, 1.807) is 24.4 Å². The van der Waals surface area contributed by atoms with E-state index in [2.05, 4.69) is 13.2 Å². The van der Waals surface area contributed by atoms with Crippen LogP contribution < -0.4 is 16.0 Å². The quantitative estimate of drug-likeness (QED) is 0.543. The predicted molar refractivity (Wildman–Crippen MR) is 55.7 cm³/mol. The van der Waals surface area contributed by atoms with Crippen molar-refractivity contribution in [2.75, 3.05) is 5.73 Å². The second-order valence-electron chi connectivity index (χ2n) is 2.86. The molecule has 0 aliphatic carbocycles. The first kappa shape index (κ1) is 10.2. The molecule has 1 aromatic rings. The Morgan fingerprint density at radius 1 is 1.50 bits per heavy atom. The number of nitrogen functional groups attached to an aromatic ring is 1. The molecule has 0 bridgehead atoms. The maximum atomic E-state index is 11.7. The summed E-state index contributed by atoms with van der Waals surface area (Å²) in [6.45, 7) is 8.05. The number of nitrogens with two attached hydrogens (primary N) is 1. The van der Waals surface area contributed by atoms with Crippen molar-refractivity contribution >= 4 is 5.82 Å². The largest absolute Gasteiger partial charge is 0.500 e. The fraction of sp³-hybridized carbons (Fsp3) is 0.200. The highest BCUT2D eigenvalue weighted by molar-refractivity contribution is 5.25. The fourth-order valence-electron chi connectivity index (χ4n) is 1.18. The third kappa shape index (κ3) is 1.90. The van der Waals surface area contributed by atoms with Crippen molar-refractivity contribution in [3.05, 3.63) is 48.1 Å². The minimum Gasteiger partial charge on any atom is -0.366 e. The summed E-state index contributed by atoms with van der Waals surface area (Å²) in [5, 5.41) is 0. The first-order valence-electron chi connectivity index (χ1n) is 4.31. The Bertz CT molecular complexity index is 406. The highest BCUT2D eigenvalue weighted by Crippen LogP contribution is 1.94. The molecule has 0 amide bonds. The predicted octanol–water partition coefficient (Wildman–Crippen LogP) is 0.0900. The lowest BCUT2D eigenvalue weighted by Crippen LogP contribution is -2.53. The molecule has 2 N–H and O–H groups in total. The van der Waals surface area contributed by atoms with Crippen LogP contribution in [0.5, 0.6) is 0 Å². The Balaban J connectivity index is 3.25. The minimum atomic E-state index is -0.148. The van der Waals surface area contributed by atoms with Crippen LogP contribution in [0.3, 0.4) is 0 Å². The van der Waals surface area contributed by atoms with E-state index in [-0.39, 0.29) is 5.69 Å². The molecule has 1 heterocycles. The SMILES string of the molecule is C=CCn1c(N)cc[n+](CC=C)c1=O. The van der Waals surface area contributed by atoms with Gasteiger partial charge in [0.1, 0.15) is 19.3 Å². The first-order valence-corrected chi connectivity index (χ1v) is 4.31. The molecule has 74 valence electrons. The number of nitrogens with zero attached hydrogens (tertiary/aromatic N) is 2. The average molecular weight is 192 g/mol. The van der Waals surface area contributed by atoms with Gasteiger partial charge in [0.25, 0.3) is 0 Å². The second kappa shape index (κ2) is 4.41. The van der Waals surface area contributed by atoms with E-state index in [0.717, 1.165) is 0 Å². The van der Waals surface area contributed by atoms with E-state index >= 15 is 0 Å². The summed E-state index contributed by atoms with van der Waals surface area (Å²) in [6, 6.07) is 1.69. The number of allylic oxidation sites excluding steroid dienone is 2. The van der Waals surface area contributed by atoms with Crippen LogP contribution in [0.4, 0.5) is 5.82 Å². The van der Waals surface area contributed by atoms with Crippen molar-refractivity contribution in [2.45, 2.75) is 13.1 Å². The Hall–Kier alpha value is -1.84. The molecule has 4 heteroatoms. The molecule has 0 aliphatic heterocycles. The molecule has 14 heavy (non-hydrogen) atoms. The molecule has 0 atom stereocenters. The van der Waals surface area contributed by atoms with Gasteiger partial charge < -0.3 is 5.73 Å². The van der Waals surface area contributed by atoms with Gasteiger partial charge in [0.05, 0.1) is 0 Å². The third-order valence-electron chi connectivity index (χ3n) is 1.85. The Morgan fingerprint density at radius 3 is 2.79 bits per heavy atom. The topological polar surface area (TPSA) is 51.9 Å². The van der Waals surface area contributed by atoms with E-state index in [0.29, 0.717) is 18.9 Å². The van der Waals surface area contributed by atoms with Crippen molar-refractivity contribution < 1.29 is 4.57 Å². The normalized spacial score (nSPS) is 9.71. The van der Waals surface area contributed by atoms with E-state index < -0.39 is 0 Å². The lowest BCUT2D eigenvalue weighted by Gasteiger charge is -2.01. The van der Waals surface area contributed by atoms with Crippen LogP contribution >= 0.6 is 0 Å². The molecular formula is C10H14N3O+. The summed E-state index contributed by atoms with van der Waals surface area (Å²) in [6.07, 6.45) is 4.95. The van der Waals surface area contributed by atoms with Gasteiger partial charge in [-0.3, -0.25) is 0 Å². The number of aromatic nitrogens is 2. The number of hydrogen-bond acceptors (Lipinski definition) is 2. The Labute approximate surface area is 82.6 Å². The summed E-state index contributed by atoms with van der Waals surface area (Å²) in [5.74, 6) is 0.440. The number of rotatable bonds is 4. The standard InChI is InChI=1S/C10H13N3O/c1-3-6-12-8-5-9(11)13(7-4-2)10(12)14/h3-5,8,11H,1-2,6-7H2/p+1. The molecule has 0 radical (unpaired) electrons. The number of anilines is 1. The fourth-order valence-corrected chi connectivity index (χ4v) is 1.18. The van der Waals surface area contributed by atoms with Crippen molar-refractivity contribution in [3.8, 4) is 0 Å². The van der Waals surface area contributed by atoms with Gasteiger partial charge in [0.15, 0.2) is 5.82 Å². The molecule has 1 rings (SSSR count). The van der Waals surface area contributed by atoms with Gasteiger partial charge >= 0.3 is 5.69 Å². The molecule has 0 aliphatic rings. The average Bonchev–Trinajstić information content (AvgIpc) is 2.17. The summed E-state index contributed by atoms with van der Waals surface area (Å²) < 4.78 is 2.99. The molecule has 0 saturated carbocycles. The molecule has 0 spiro atoms. The summed E-state index contributed by atoms with van der Waals surface area (Å²) in [5.41, 5.74) is 5.50. The molecule has 0 saturated heterocycles. The Morgan fingerprint density at radius 2 is 2.21 bits per heavy atom. The van der Waals surface area contributed by atoms with Crippen molar-refractivity contribution in [1.29, 1.82) is 0 Å². The molecular weight excluding hydrogens is 178 g/mol. The second-order valence-corrected chi connectivity index (χ2v) is 2.86. The zero-order valence-corrected chi connectivity index (χ0v) is 8.02. The zero-order valence-electron chi connectivity index (χ0n) is 8.02. The van der Waals surface area contributed by atoms with Gasteiger partial charge in [0, 0.05) is 6.07 Å². The smallest absolute Gasteiger partial charge is 0.366 e. The lowest BCUT2D eigenvalue weighted by atomic mass is 10.5. The van der Waals surface area contributed by atoms with Crippen LogP contribution in [-0.2, 0) is 13.1 Å². The van der Waals surface area contributed by atoms with Crippen LogP contribution in [0.15, 0.2) is 42.4 Å². The summed E-state index contributed by atoms with van der Waals surface area (Å²) >= 11 is 0. The van der Waals surface area contributed by atoms with Crippen LogP contribution in [0, 0.1) is 0 Å². The summed E-state index contributed by atoms with van der Waals surface area (Å²) in [7, 11) is 0. The van der Waals surface area contributed by atoms with Crippen molar-refractivity contribution in [2.24, 2.45) is 0 Å². The van der Waals surface area contributed by atoms with Gasteiger partial charge in [-0.05, 0) is 0 Å². The van der Waals surface area contributed by atoms with Gasteiger partial charge in [0.2, 0.25) is 0 Å². The van der Waals surface area contributed by atoms with Crippen molar-refractivity contribution in [3.63, 3.8) is 0 Å². The van der Waals surface area contributed by atoms with Crippen LogP contribution in [0.2, 0.25) is 0 Å². The highest BCUT2D eigenvalue weighted by Gasteiger charge is 2.11. The number of hydrogen-bond donors (Lipinski definition) is 1. The van der Waals surface area contributed by atoms with Gasteiger partial charge in [-0.15, -0.1) is 0 Å². The van der Waals surface area contributed by atoms with Gasteiger partial charge in [-0.2, -0.15) is 13.9 Å². The van der Waals surface area contributed by atoms with Crippen LogP contribution in [0.25, 0.3) is 0 Å². The van der Waals surface area contributed by atoms with E-state index in [4.69, 9.17) is 5.73 Å². The van der Waals surface area contributed by atoms with Gasteiger partial charge in [-0.25, -0.2) is 0 Å². The van der Waals surface area contributed by atoms with Gasteiger partial charge in [-0.1, -0.05) is 25.3 Å². The monoisotopic (exact) mass is 192 g/mol. The van der Waals surface area contributed by atoms with Crippen LogP contribution in [-0.4, -0.2) is 4.57 Å². The minimum absolute atomic E-state index is 0.148. The molecule has 4 nitrogen and oxygen atoms in total. The molecule has 0 fully saturated rings. The highest BCUT2D eigenvalue weighted by atomic mass is 16.1. The molecule has 0 unspecified atom stereocenters. The molecule has 1 aromatic heterocycles. The zero-order chi connectivity index (χ0) is 10.6. The van der Waals surface area contributed by atoms with E-state index in [1.165, 1.54) is 9.13 Å². The maximum Gasteiger partial charge on any atom is 0.500 e. The summed E-state index contributed by atoms with van der Waals surface area (Å²) in [4.78, 5) is 11.7. The third-order valence-corrected chi connectivity index (χ3v) is 1.85. The Kier molecular flexibility index (Phi) is 3.23. The lowest BCUT2D eigenvalue weighted by molar-refractivity contribution is -0.705. The van der Waals surface area contributed by atoms with Crippen molar-refractivity contribution in [1.82, 2.24) is 4.57 Å². The molecule has 0 aromatic carbocycles. The maximum absolute atomic E-state index is 11.7. The van der Waals surface area contributed by atoms with E-state index in [9.17, 15) is 4.79 Å². The van der Waals surface area contributed by atoms with Crippen LogP contribution in [0.1, 0.15) is 0 Å². The first-order chi connectivity index (χ1) is 6.70.